The molecule has 0 saturated carbocycles. The molecule has 0 bridgehead atoms. The first-order valence-electron chi connectivity index (χ1n) is 12.3. The van der Waals surface area contributed by atoms with Gasteiger partial charge in [0.2, 0.25) is 0 Å². The molecular formula is C28H31N3O4S. The monoisotopic (exact) mass is 505 g/mol. The zero-order chi connectivity index (χ0) is 25.3. The van der Waals surface area contributed by atoms with Crippen LogP contribution in [-0.2, 0) is 14.8 Å². The third-order valence-electron chi connectivity index (χ3n) is 6.74. The lowest BCUT2D eigenvalue weighted by Crippen LogP contribution is -2.48. The second kappa shape index (κ2) is 9.85. The van der Waals surface area contributed by atoms with E-state index < -0.39 is 22.0 Å². The molecule has 2 aliphatic rings. The first-order valence-corrected chi connectivity index (χ1v) is 13.8. The van der Waals surface area contributed by atoms with Crippen molar-refractivity contribution < 1.29 is 17.9 Å². The molecule has 5 rings (SSSR count). The van der Waals surface area contributed by atoms with E-state index in [9.17, 15) is 13.2 Å². The summed E-state index contributed by atoms with van der Waals surface area (Å²) in [7, 11) is -3.89. The van der Waals surface area contributed by atoms with Crippen LogP contribution < -0.4 is 19.3 Å². The van der Waals surface area contributed by atoms with Crippen molar-refractivity contribution in [2.24, 2.45) is 0 Å². The number of rotatable bonds is 5. The minimum absolute atomic E-state index is 0.121. The van der Waals surface area contributed by atoms with E-state index >= 15 is 0 Å². The number of sulfonamides is 1. The molecule has 0 unspecified atom stereocenters. The maximum Gasteiger partial charge on any atom is 0.267 e. The Morgan fingerprint density at radius 1 is 0.889 bits per heavy atom. The summed E-state index contributed by atoms with van der Waals surface area (Å²) in [5.41, 5.74) is 4.09. The van der Waals surface area contributed by atoms with E-state index in [1.807, 2.05) is 44.2 Å². The lowest BCUT2D eigenvalue weighted by molar-refractivity contribution is -0.122. The molecule has 7 nitrogen and oxygen atoms in total. The maximum absolute atomic E-state index is 13.6. The highest BCUT2D eigenvalue weighted by Gasteiger charge is 2.37. The minimum atomic E-state index is -3.89. The lowest BCUT2D eigenvalue weighted by atomic mass is 10.1. The molecule has 3 aromatic rings. The normalized spacial score (nSPS) is 17.8. The van der Waals surface area contributed by atoms with Gasteiger partial charge in [0.25, 0.3) is 15.9 Å². The van der Waals surface area contributed by atoms with Crippen molar-refractivity contribution in [2.45, 2.75) is 44.1 Å². The van der Waals surface area contributed by atoms with Gasteiger partial charge in [-0.25, -0.2) is 8.42 Å². The number of nitrogens with one attached hydrogen (secondary N) is 1. The Morgan fingerprint density at radius 3 is 2.25 bits per heavy atom. The molecular weight excluding hydrogens is 474 g/mol. The second-order valence-corrected chi connectivity index (χ2v) is 11.4. The van der Waals surface area contributed by atoms with E-state index in [4.69, 9.17) is 4.74 Å². The summed E-state index contributed by atoms with van der Waals surface area (Å²) in [6.45, 7) is 5.78. The van der Waals surface area contributed by atoms with Crippen molar-refractivity contribution in [3.63, 3.8) is 0 Å². The van der Waals surface area contributed by atoms with Gasteiger partial charge in [0.15, 0.2) is 6.10 Å². The summed E-state index contributed by atoms with van der Waals surface area (Å²) >= 11 is 0. The van der Waals surface area contributed by atoms with E-state index in [-0.39, 0.29) is 11.4 Å². The molecule has 1 atom stereocenters. The molecule has 0 spiro atoms. The van der Waals surface area contributed by atoms with Crippen LogP contribution in [0.2, 0.25) is 0 Å². The number of benzene rings is 3. The quantitative estimate of drug-likeness (QED) is 0.534. The van der Waals surface area contributed by atoms with Gasteiger partial charge in [0.05, 0.1) is 17.1 Å². The molecule has 1 amide bonds. The third-order valence-corrected chi connectivity index (χ3v) is 8.54. The van der Waals surface area contributed by atoms with Crippen LogP contribution >= 0.6 is 0 Å². The van der Waals surface area contributed by atoms with Crippen molar-refractivity contribution in [1.82, 2.24) is 0 Å². The highest BCUT2D eigenvalue weighted by Crippen LogP contribution is 2.38. The Bertz CT molecular complexity index is 1350. The van der Waals surface area contributed by atoms with Crippen LogP contribution in [0.4, 0.5) is 17.1 Å². The number of piperidine rings is 1. The minimum Gasteiger partial charge on any atom is -0.476 e. The molecule has 2 heterocycles. The van der Waals surface area contributed by atoms with Crippen molar-refractivity contribution in [3.05, 3.63) is 77.9 Å². The van der Waals surface area contributed by atoms with Crippen LogP contribution in [-0.4, -0.2) is 40.1 Å². The fraction of sp³-hybridized carbons (Fsp3) is 0.321. The van der Waals surface area contributed by atoms with Crippen LogP contribution in [0.1, 0.15) is 30.4 Å². The Kier molecular flexibility index (Phi) is 6.62. The van der Waals surface area contributed by atoms with Crippen molar-refractivity contribution in [3.8, 4) is 5.75 Å². The number of anilines is 3. The topological polar surface area (TPSA) is 79.0 Å². The van der Waals surface area contributed by atoms with Crippen LogP contribution in [0.15, 0.2) is 71.6 Å². The summed E-state index contributed by atoms with van der Waals surface area (Å²) in [6, 6.07) is 19.8. The molecule has 8 heteroatoms. The molecule has 188 valence electrons. The van der Waals surface area contributed by atoms with Gasteiger partial charge in [0, 0.05) is 24.5 Å². The summed E-state index contributed by atoms with van der Waals surface area (Å²) in [6.07, 6.45) is 2.66. The summed E-state index contributed by atoms with van der Waals surface area (Å²) in [5, 5.41) is 2.90. The van der Waals surface area contributed by atoms with Crippen molar-refractivity contribution in [2.75, 3.05) is 34.2 Å². The third kappa shape index (κ3) is 4.91. The number of carbonyl (C=O) groups excluding carboxylic acids is 1. The van der Waals surface area contributed by atoms with Gasteiger partial charge in [0.1, 0.15) is 5.75 Å². The van der Waals surface area contributed by atoms with Gasteiger partial charge in [-0.05, 0) is 87.2 Å². The fourth-order valence-electron chi connectivity index (χ4n) is 4.69. The Balaban J connectivity index is 1.38. The lowest BCUT2D eigenvalue weighted by Gasteiger charge is -2.35. The zero-order valence-electron chi connectivity index (χ0n) is 20.6. The average Bonchev–Trinajstić information content (AvgIpc) is 2.89. The van der Waals surface area contributed by atoms with E-state index in [2.05, 4.69) is 10.2 Å². The predicted molar refractivity (Wildman–Crippen MR) is 142 cm³/mol. The van der Waals surface area contributed by atoms with Crippen LogP contribution in [0.3, 0.4) is 0 Å². The number of carbonyl (C=O) groups is 1. The number of hydrogen-bond donors (Lipinski definition) is 1. The first-order chi connectivity index (χ1) is 17.3. The molecule has 2 aliphatic heterocycles. The van der Waals surface area contributed by atoms with Gasteiger partial charge in [-0.2, -0.15) is 0 Å². The maximum atomic E-state index is 13.6. The molecule has 36 heavy (non-hydrogen) atoms. The number of amides is 1. The van der Waals surface area contributed by atoms with Crippen molar-refractivity contribution >= 4 is 33.0 Å². The van der Waals surface area contributed by atoms with Gasteiger partial charge in [-0.3, -0.25) is 9.10 Å². The molecule has 0 aliphatic carbocycles. The molecule has 1 fully saturated rings. The molecule has 1 saturated heterocycles. The van der Waals surface area contributed by atoms with Gasteiger partial charge in [-0.1, -0.05) is 23.8 Å². The van der Waals surface area contributed by atoms with Crippen LogP contribution in [0.25, 0.3) is 0 Å². The second-order valence-electron chi connectivity index (χ2n) is 9.51. The Labute approximate surface area is 212 Å². The zero-order valence-corrected chi connectivity index (χ0v) is 21.4. The predicted octanol–water partition coefficient (Wildman–Crippen LogP) is 4.89. The number of aryl methyl sites for hydroxylation is 2. The average molecular weight is 506 g/mol. The van der Waals surface area contributed by atoms with Crippen LogP contribution in [0.5, 0.6) is 5.75 Å². The fourth-order valence-corrected chi connectivity index (χ4v) is 6.17. The highest BCUT2D eigenvalue weighted by atomic mass is 32.2. The first kappa shape index (κ1) is 24.2. The summed E-state index contributed by atoms with van der Waals surface area (Å²) < 4.78 is 34.5. The van der Waals surface area contributed by atoms with Gasteiger partial charge >= 0.3 is 0 Å². The molecule has 0 radical (unpaired) electrons. The van der Waals surface area contributed by atoms with Crippen LogP contribution in [0, 0.1) is 13.8 Å². The Morgan fingerprint density at radius 2 is 1.56 bits per heavy atom. The van der Waals surface area contributed by atoms with Gasteiger partial charge < -0.3 is 15.0 Å². The van der Waals surface area contributed by atoms with E-state index in [0.29, 0.717) is 17.1 Å². The van der Waals surface area contributed by atoms with Gasteiger partial charge in [-0.15, -0.1) is 0 Å². The molecule has 3 aromatic carbocycles. The summed E-state index contributed by atoms with van der Waals surface area (Å²) in [4.78, 5) is 15.8. The molecule has 0 aromatic heterocycles. The number of nitrogens with zero attached hydrogens (tertiary/aromatic N) is 2. The van der Waals surface area contributed by atoms with E-state index in [0.717, 1.165) is 29.9 Å². The SMILES string of the molecule is Cc1ccc(S(=O)(=O)N2C[C@@H](C(=O)Nc3ccc(N4CCCCC4)cc3)Oc3cc(C)ccc32)cc1. The summed E-state index contributed by atoms with van der Waals surface area (Å²) in [5.74, 6) is -0.0190. The number of fused-ring (bicyclic) bond motifs is 1. The van der Waals surface area contributed by atoms with Crippen molar-refractivity contribution in [1.29, 1.82) is 0 Å². The smallest absolute Gasteiger partial charge is 0.267 e. The standard InChI is InChI=1S/C28H31N3O4S/c1-20-6-13-24(14-7-20)36(33,34)31-19-27(35-26-18-21(2)8-15-25(26)31)28(32)29-22-9-11-23(12-10-22)30-16-4-3-5-17-30/h6-15,18,27H,3-5,16-17,19H2,1-2H3,(H,29,32)/t27-/m0/s1. The largest absolute Gasteiger partial charge is 0.476 e. The number of ether oxygens (including phenoxy) is 1. The Hall–Kier alpha value is -3.52. The number of hydrogen-bond acceptors (Lipinski definition) is 5. The van der Waals surface area contributed by atoms with E-state index in [1.54, 1.807) is 36.4 Å². The van der Waals surface area contributed by atoms with E-state index in [1.165, 1.54) is 23.6 Å². The molecule has 1 N–H and O–H groups in total. The highest BCUT2D eigenvalue weighted by molar-refractivity contribution is 7.92.